The van der Waals surface area contributed by atoms with Crippen LogP contribution in [0.25, 0.3) is 0 Å². The number of rotatable bonds is 8. The van der Waals surface area contributed by atoms with Gasteiger partial charge in [-0.2, -0.15) is 0 Å². The lowest BCUT2D eigenvalue weighted by atomic mass is 10.1. The van der Waals surface area contributed by atoms with Gasteiger partial charge in [0.15, 0.2) is 0 Å². The van der Waals surface area contributed by atoms with Gasteiger partial charge in [0, 0.05) is 12.6 Å². The third kappa shape index (κ3) is 5.07. The number of para-hydroxylation sites is 2. The molecular formula is C21H26N2O2. The zero-order chi connectivity index (χ0) is 17.6. The van der Waals surface area contributed by atoms with E-state index in [9.17, 15) is 4.79 Å². The number of carbonyl (C=O) groups is 1. The number of benzene rings is 2. The highest BCUT2D eigenvalue weighted by Crippen LogP contribution is 2.29. The van der Waals surface area contributed by atoms with E-state index in [1.54, 1.807) is 0 Å². The molecule has 1 aliphatic carbocycles. The van der Waals surface area contributed by atoms with Gasteiger partial charge in [0.2, 0.25) is 5.91 Å². The number of anilines is 1. The summed E-state index contributed by atoms with van der Waals surface area (Å²) < 4.78 is 5.58. The average molecular weight is 338 g/mol. The maximum absolute atomic E-state index is 12.5. The number of hydrogen-bond donors (Lipinski definition) is 1. The number of carbonyl (C=O) groups excluding carboxylic acids is 1. The van der Waals surface area contributed by atoms with Crippen LogP contribution in [-0.2, 0) is 11.3 Å². The molecule has 0 heterocycles. The first kappa shape index (κ1) is 17.5. The fraction of sp³-hybridized carbons (Fsp3) is 0.381. The minimum atomic E-state index is 0.00571. The van der Waals surface area contributed by atoms with Crippen LogP contribution in [0.4, 0.5) is 5.69 Å². The first-order valence-corrected chi connectivity index (χ1v) is 8.97. The Kier molecular flexibility index (Phi) is 5.71. The second kappa shape index (κ2) is 8.17. The molecule has 132 valence electrons. The number of hydrogen-bond acceptors (Lipinski definition) is 3. The normalized spacial score (nSPS) is 13.7. The highest BCUT2D eigenvalue weighted by atomic mass is 16.5. The van der Waals surface area contributed by atoms with E-state index in [-0.39, 0.29) is 5.91 Å². The Hall–Kier alpha value is -2.33. The van der Waals surface area contributed by atoms with Gasteiger partial charge in [-0.3, -0.25) is 9.69 Å². The molecule has 1 N–H and O–H groups in total. The van der Waals surface area contributed by atoms with Crippen molar-refractivity contribution in [3.63, 3.8) is 0 Å². The van der Waals surface area contributed by atoms with Gasteiger partial charge in [-0.15, -0.1) is 0 Å². The molecular weight excluding hydrogens is 312 g/mol. The zero-order valence-electron chi connectivity index (χ0n) is 15.0. The van der Waals surface area contributed by atoms with Crippen LogP contribution in [-0.4, -0.2) is 30.0 Å². The van der Waals surface area contributed by atoms with Crippen molar-refractivity contribution in [3.8, 4) is 5.75 Å². The highest BCUT2D eigenvalue weighted by Gasteiger charge is 2.30. The molecule has 2 aromatic carbocycles. The number of aryl methyl sites for hydroxylation is 1. The Balaban J connectivity index is 1.62. The van der Waals surface area contributed by atoms with Gasteiger partial charge in [0.25, 0.3) is 0 Å². The molecule has 0 spiro atoms. The number of nitrogens with one attached hydrogen (secondary N) is 1. The van der Waals surface area contributed by atoms with Crippen molar-refractivity contribution in [2.75, 3.05) is 18.5 Å². The van der Waals surface area contributed by atoms with Crippen LogP contribution >= 0.6 is 0 Å². The second-order valence-corrected chi connectivity index (χ2v) is 6.60. The maximum Gasteiger partial charge on any atom is 0.238 e. The Morgan fingerprint density at radius 1 is 1.16 bits per heavy atom. The summed E-state index contributed by atoms with van der Waals surface area (Å²) in [6.45, 7) is 5.82. The predicted molar refractivity (Wildman–Crippen MR) is 101 cm³/mol. The summed E-state index contributed by atoms with van der Waals surface area (Å²) in [5.74, 6) is 0.723. The molecule has 0 aliphatic heterocycles. The third-order valence-electron chi connectivity index (χ3n) is 4.38. The van der Waals surface area contributed by atoms with Crippen LogP contribution in [0.1, 0.15) is 30.9 Å². The van der Waals surface area contributed by atoms with Crippen molar-refractivity contribution in [2.45, 2.75) is 39.3 Å². The molecule has 0 saturated heterocycles. The van der Waals surface area contributed by atoms with Crippen LogP contribution in [0.2, 0.25) is 0 Å². The lowest BCUT2D eigenvalue weighted by Gasteiger charge is -2.22. The van der Waals surface area contributed by atoms with E-state index in [4.69, 9.17) is 4.74 Å². The van der Waals surface area contributed by atoms with Gasteiger partial charge in [-0.25, -0.2) is 0 Å². The van der Waals surface area contributed by atoms with E-state index in [2.05, 4.69) is 41.4 Å². The van der Waals surface area contributed by atoms with Crippen LogP contribution in [0.5, 0.6) is 5.75 Å². The molecule has 0 aromatic heterocycles. The lowest BCUT2D eigenvalue weighted by Crippen LogP contribution is -2.34. The Bertz CT molecular complexity index is 708. The van der Waals surface area contributed by atoms with Crippen molar-refractivity contribution in [2.24, 2.45) is 0 Å². The molecule has 1 aliphatic rings. The molecule has 1 saturated carbocycles. The summed E-state index contributed by atoms with van der Waals surface area (Å²) >= 11 is 0. The van der Waals surface area contributed by atoms with Crippen molar-refractivity contribution >= 4 is 11.6 Å². The summed E-state index contributed by atoms with van der Waals surface area (Å²) in [6.07, 6.45) is 2.35. The van der Waals surface area contributed by atoms with E-state index in [0.29, 0.717) is 19.2 Å². The average Bonchev–Trinajstić information content (AvgIpc) is 3.43. The SMILES string of the molecule is CCOc1ccccc1NC(=O)CN(Cc1ccc(C)cc1)C1CC1. The summed E-state index contributed by atoms with van der Waals surface area (Å²) in [6, 6.07) is 16.6. The standard InChI is InChI=1S/C21H26N2O2/c1-3-25-20-7-5-4-6-19(20)22-21(24)15-23(18-12-13-18)14-17-10-8-16(2)9-11-17/h4-11,18H,3,12-15H2,1-2H3,(H,22,24). The molecule has 0 bridgehead atoms. The quantitative estimate of drug-likeness (QED) is 0.791. The van der Waals surface area contributed by atoms with E-state index < -0.39 is 0 Å². The van der Waals surface area contributed by atoms with E-state index >= 15 is 0 Å². The number of nitrogens with zero attached hydrogens (tertiary/aromatic N) is 1. The second-order valence-electron chi connectivity index (χ2n) is 6.60. The predicted octanol–water partition coefficient (Wildman–Crippen LogP) is 4.00. The van der Waals surface area contributed by atoms with Crippen LogP contribution in [0.3, 0.4) is 0 Å². The summed E-state index contributed by atoms with van der Waals surface area (Å²) in [5, 5.41) is 3.00. The molecule has 4 heteroatoms. The van der Waals surface area contributed by atoms with Crippen LogP contribution in [0, 0.1) is 6.92 Å². The molecule has 4 nitrogen and oxygen atoms in total. The topological polar surface area (TPSA) is 41.6 Å². The van der Waals surface area contributed by atoms with Gasteiger partial charge in [0.05, 0.1) is 18.8 Å². The van der Waals surface area contributed by atoms with Gasteiger partial charge in [0.1, 0.15) is 5.75 Å². The van der Waals surface area contributed by atoms with Gasteiger partial charge in [-0.05, 0) is 44.4 Å². The molecule has 25 heavy (non-hydrogen) atoms. The fourth-order valence-corrected chi connectivity index (χ4v) is 2.91. The molecule has 0 atom stereocenters. The number of amides is 1. The van der Waals surface area contributed by atoms with Crippen molar-refractivity contribution in [1.29, 1.82) is 0 Å². The first-order valence-electron chi connectivity index (χ1n) is 8.97. The van der Waals surface area contributed by atoms with Crippen molar-refractivity contribution < 1.29 is 9.53 Å². The summed E-state index contributed by atoms with van der Waals surface area (Å²) in [7, 11) is 0. The van der Waals surface area contributed by atoms with E-state index in [1.165, 1.54) is 24.0 Å². The lowest BCUT2D eigenvalue weighted by molar-refractivity contribution is -0.117. The Labute approximate surface area is 149 Å². The first-order chi connectivity index (χ1) is 12.2. The smallest absolute Gasteiger partial charge is 0.238 e. The summed E-state index contributed by atoms with van der Waals surface area (Å²) in [4.78, 5) is 14.8. The van der Waals surface area contributed by atoms with E-state index in [0.717, 1.165) is 18.0 Å². The minimum Gasteiger partial charge on any atom is -0.492 e. The zero-order valence-corrected chi connectivity index (χ0v) is 15.0. The van der Waals surface area contributed by atoms with E-state index in [1.807, 2.05) is 31.2 Å². The maximum atomic E-state index is 12.5. The van der Waals surface area contributed by atoms with Crippen LogP contribution < -0.4 is 10.1 Å². The summed E-state index contributed by atoms with van der Waals surface area (Å²) in [5.41, 5.74) is 3.24. The molecule has 0 radical (unpaired) electrons. The van der Waals surface area contributed by atoms with Gasteiger partial charge < -0.3 is 10.1 Å². The molecule has 0 unspecified atom stereocenters. The fourth-order valence-electron chi connectivity index (χ4n) is 2.91. The van der Waals surface area contributed by atoms with Crippen molar-refractivity contribution in [3.05, 3.63) is 59.7 Å². The number of ether oxygens (including phenoxy) is 1. The minimum absolute atomic E-state index is 0.00571. The van der Waals surface area contributed by atoms with Gasteiger partial charge in [-0.1, -0.05) is 42.0 Å². The Morgan fingerprint density at radius 2 is 1.88 bits per heavy atom. The molecule has 1 fully saturated rings. The third-order valence-corrected chi connectivity index (χ3v) is 4.38. The highest BCUT2D eigenvalue weighted by molar-refractivity contribution is 5.93. The monoisotopic (exact) mass is 338 g/mol. The van der Waals surface area contributed by atoms with Crippen molar-refractivity contribution in [1.82, 2.24) is 4.90 Å². The van der Waals surface area contributed by atoms with Crippen LogP contribution in [0.15, 0.2) is 48.5 Å². The Morgan fingerprint density at radius 3 is 2.56 bits per heavy atom. The largest absolute Gasteiger partial charge is 0.492 e. The molecule has 3 rings (SSSR count). The molecule has 2 aromatic rings. The molecule has 1 amide bonds. The van der Waals surface area contributed by atoms with Gasteiger partial charge >= 0.3 is 0 Å².